The van der Waals surface area contributed by atoms with E-state index in [2.05, 4.69) is 15.6 Å². The minimum absolute atomic E-state index is 0. The minimum Gasteiger partial charge on any atom is -0.491 e. The van der Waals surface area contributed by atoms with E-state index in [9.17, 15) is 22.7 Å². The molecule has 29 heavy (non-hydrogen) atoms. The van der Waals surface area contributed by atoms with Crippen molar-refractivity contribution in [1.29, 1.82) is 0 Å². The summed E-state index contributed by atoms with van der Waals surface area (Å²) >= 11 is 0. The molecule has 10 heteroatoms. The largest absolute Gasteiger partial charge is 0.491 e. The molecule has 1 fully saturated rings. The molecule has 1 unspecified atom stereocenters. The van der Waals surface area contributed by atoms with Crippen molar-refractivity contribution in [2.45, 2.75) is 50.9 Å². The highest BCUT2D eigenvalue weighted by Crippen LogP contribution is 2.37. The third-order valence-corrected chi connectivity index (χ3v) is 4.59. The number of hydrogen-bond donors (Lipinski definition) is 3. The predicted molar refractivity (Wildman–Crippen MR) is 114 cm³/mol. The normalized spacial score (nSPS) is 21.1. The van der Waals surface area contributed by atoms with E-state index in [0.717, 1.165) is 0 Å². The molecule has 1 saturated carbocycles. The molecule has 1 aromatic carbocycles. The minimum atomic E-state index is -4.13. The van der Waals surface area contributed by atoms with Crippen molar-refractivity contribution < 1.29 is 27.4 Å². The molecule has 1 aliphatic rings. The molecule has 0 bridgehead atoms. The van der Waals surface area contributed by atoms with E-state index >= 15 is 0 Å². The number of halogens is 5. The van der Waals surface area contributed by atoms with Crippen LogP contribution < -0.4 is 15.4 Å². The van der Waals surface area contributed by atoms with Crippen LogP contribution in [0.3, 0.4) is 0 Å². The molecule has 0 radical (unpaired) electrons. The number of guanidine groups is 1. The van der Waals surface area contributed by atoms with Gasteiger partial charge >= 0.3 is 6.18 Å². The Balaban J connectivity index is 0.00000420. The van der Waals surface area contributed by atoms with Gasteiger partial charge in [0, 0.05) is 12.6 Å². The highest BCUT2D eigenvalue weighted by molar-refractivity contribution is 14.0. The summed E-state index contributed by atoms with van der Waals surface area (Å²) in [5.41, 5.74) is 0. The van der Waals surface area contributed by atoms with Crippen LogP contribution in [0.25, 0.3) is 0 Å². The van der Waals surface area contributed by atoms with E-state index in [1.807, 2.05) is 6.92 Å². The number of benzene rings is 1. The Morgan fingerprint density at radius 1 is 1.21 bits per heavy atom. The molecule has 1 aromatic rings. The molecule has 0 heterocycles. The first kappa shape index (κ1) is 25.7. The number of alkyl halides is 3. The zero-order chi connectivity index (χ0) is 20.6. The fourth-order valence-corrected chi connectivity index (χ4v) is 3.05. The second-order valence-electron chi connectivity index (χ2n) is 6.87. The lowest BCUT2D eigenvalue weighted by molar-refractivity contribution is -0.182. The van der Waals surface area contributed by atoms with Gasteiger partial charge in [0.05, 0.1) is 12.5 Å². The average molecular weight is 533 g/mol. The van der Waals surface area contributed by atoms with Crippen LogP contribution in [0.1, 0.15) is 32.6 Å². The van der Waals surface area contributed by atoms with Gasteiger partial charge in [-0.25, -0.2) is 4.39 Å². The van der Waals surface area contributed by atoms with E-state index in [1.165, 1.54) is 24.3 Å². The Labute approximate surface area is 185 Å². The number of hydrogen-bond acceptors (Lipinski definition) is 3. The number of ether oxygens (including phenoxy) is 1. The van der Waals surface area contributed by atoms with Crippen LogP contribution >= 0.6 is 24.0 Å². The average Bonchev–Trinajstić information content (AvgIpc) is 2.65. The molecular formula is C19H28F4IN3O2. The quantitative estimate of drug-likeness (QED) is 0.216. The number of nitrogens with zero attached hydrogens (tertiary/aromatic N) is 1. The van der Waals surface area contributed by atoms with Crippen molar-refractivity contribution in [3.05, 3.63) is 30.1 Å². The summed E-state index contributed by atoms with van der Waals surface area (Å²) in [7, 11) is 0. The third-order valence-electron chi connectivity index (χ3n) is 4.59. The lowest BCUT2D eigenvalue weighted by Crippen LogP contribution is -2.46. The van der Waals surface area contributed by atoms with Gasteiger partial charge in [0.15, 0.2) is 5.96 Å². The van der Waals surface area contributed by atoms with Gasteiger partial charge in [0.1, 0.15) is 24.3 Å². The molecule has 0 amide bonds. The third kappa shape index (κ3) is 9.37. The number of nitrogens with one attached hydrogen (secondary N) is 2. The van der Waals surface area contributed by atoms with Crippen molar-refractivity contribution >= 4 is 29.9 Å². The van der Waals surface area contributed by atoms with Crippen molar-refractivity contribution in [2.24, 2.45) is 10.9 Å². The number of aliphatic hydroxyl groups excluding tert-OH is 1. The topological polar surface area (TPSA) is 65.9 Å². The summed E-state index contributed by atoms with van der Waals surface area (Å²) in [4.78, 5) is 4.28. The van der Waals surface area contributed by atoms with Crippen molar-refractivity contribution in [3.8, 4) is 5.75 Å². The standard InChI is InChI=1S/C19H27F4N3O2.HI/c1-2-24-18(26-15-7-3-13(4-8-15)19(21,22)23)25-11-16(27)12-28-17-9-5-14(20)6-10-17;/h5-6,9-10,13,15-16,27H,2-4,7-8,11-12H2,1H3,(H2,24,25,26);1H. The summed E-state index contributed by atoms with van der Waals surface area (Å²) in [5, 5.41) is 16.2. The molecule has 0 spiro atoms. The van der Waals surface area contributed by atoms with Crippen molar-refractivity contribution in [1.82, 2.24) is 10.6 Å². The highest BCUT2D eigenvalue weighted by atomic mass is 127. The van der Waals surface area contributed by atoms with Crippen molar-refractivity contribution in [3.63, 3.8) is 0 Å². The van der Waals surface area contributed by atoms with E-state index in [4.69, 9.17) is 4.74 Å². The summed E-state index contributed by atoms with van der Waals surface area (Å²) < 4.78 is 56.5. The maximum Gasteiger partial charge on any atom is 0.391 e. The van der Waals surface area contributed by atoms with E-state index in [-0.39, 0.29) is 61.8 Å². The van der Waals surface area contributed by atoms with E-state index < -0.39 is 18.2 Å². The van der Waals surface area contributed by atoms with Gasteiger partial charge in [0.2, 0.25) is 0 Å². The van der Waals surface area contributed by atoms with Gasteiger partial charge in [-0.05, 0) is 56.9 Å². The maximum atomic E-state index is 12.8. The molecule has 0 aliphatic heterocycles. The van der Waals surface area contributed by atoms with Crippen LogP contribution in [0.5, 0.6) is 5.75 Å². The second kappa shape index (κ2) is 12.4. The summed E-state index contributed by atoms with van der Waals surface area (Å²) in [5.74, 6) is -0.701. The maximum absolute atomic E-state index is 12.8. The van der Waals surface area contributed by atoms with Crippen LogP contribution in [0.4, 0.5) is 17.6 Å². The molecule has 3 N–H and O–H groups in total. The molecule has 0 saturated heterocycles. The van der Waals surface area contributed by atoms with Crippen LogP contribution in [0.2, 0.25) is 0 Å². The first-order valence-electron chi connectivity index (χ1n) is 9.46. The molecule has 1 atom stereocenters. The molecule has 166 valence electrons. The first-order valence-corrected chi connectivity index (χ1v) is 9.46. The summed E-state index contributed by atoms with van der Waals surface area (Å²) in [6, 6.07) is 5.38. The number of aliphatic hydroxyl groups is 1. The predicted octanol–water partition coefficient (Wildman–Crippen LogP) is 3.86. The zero-order valence-electron chi connectivity index (χ0n) is 16.2. The van der Waals surface area contributed by atoms with Gasteiger partial charge in [-0.15, -0.1) is 24.0 Å². The van der Waals surface area contributed by atoms with Crippen LogP contribution in [0.15, 0.2) is 29.3 Å². The summed E-state index contributed by atoms with van der Waals surface area (Å²) in [6.45, 7) is 2.53. The lowest BCUT2D eigenvalue weighted by atomic mass is 9.85. The van der Waals surface area contributed by atoms with Crippen LogP contribution in [-0.2, 0) is 0 Å². The molecule has 2 rings (SSSR count). The number of rotatable bonds is 7. The van der Waals surface area contributed by atoms with Crippen LogP contribution in [-0.4, -0.2) is 49.1 Å². The Hall–Kier alpha value is -1.30. The number of aliphatic imine (C=N–C) groups is 1. The van der Waals surface area contributed by atoms with Gasteiger partial charge < -0.3 is 20.5 Å². The van der Waals surface area contributed by atoms with Gasteiger partial charge in [0.25, 0.3) is 0 Å². The Morgan fingerprint density at radius 2 is 1.83 bits per heavy atom. The zero-order valence-corrected chi connectivity index (χ0v) is 18.5. The van der Waals surface area contributed by atoms with Gasteiger partial charge in [-0.2, -0.15) is 13.2 Å². The smallest absolute Gasteiger partial charge is 0.391 e. The highest BCUT2D eigenvalue weighted by Gasteiger charge is 2.41. The van der Waals surface area contributed by atoms with Gasteiger partial charge in [-0.1, -0.05) is 0 Å². The van der Waals surface area contributed by atoms with E-state index in [1.54, 1.807) is 0 Å². The van der Waals surface area contributed by atoms with Crippen LogP contribution in [0, 0.1) is 11.7 Å². The Bertz CT molecular complexity index is 621. The second-order valence-corrected chi connectivity index (χ2v) is 6.87. The SMILES string of the molecule is CCNC(=NCC(O)COc1ccc(F)cc1)NC1CCC(C(F)(F)F)CC1.I. The molecular weight excluding hydrogens is 505 g/mol. The molecule has 1 aliphatic carbocycles. The summed E-state index contributed by atoms with van der Waals surface area (Å²) in [6.07, 6.45) is -3.95. The fourth-order valence-electron chi connectivity index (χ4n) is 3.05. The Kier molecular flexibility index (Phi) is 11.0. The molecule has 0 aromatic heterocycles. The monoisotopic (exact) mass is 533 g/mol. The molecule has 5 nitrogen and oxygen atoms in total. The van der Waals surface area contributed by atoms with Crippen molar-refractivity contribution in [2.75, 3.05) is 19.7 Å². The first-order chi connectivity index (χ1) is 13.3. The van der Waals surface area contributed by atoms with E-state index in [0.29, 0.717) is 31.1 Å². The fraction of sp³-hybridized carbons (Fsp3) is 0.632. The lowest BCUT2D eigenvalue weighted by Gasteiger charge is -2.31. The van der Waals surface area contributed by atoms with Gasteiger partial charge in [-0.3, -0.25) is 4.99 Å². The Morgan fingerprint density at radius 3 is 2.38 bits per heavy atom.